The monoisotopic (exact) mass is 170 g/mol. The molecule has 0 aliphatic rings. The van der Waals surface area contributed by atoms with E-state index in [4.69, 9.17) is 5.11 Å². The lowest BCUT2D eigenvalue weighted by Crippen LogP contribution is -2.30. The number of hydrogen-bond acceptors (Lipinski definition) is 1. The van der Waals surface area contributed by atoms with E-state index in [0.717, 1.165) is 0 Å². The predicted octanol–water partition coefficient (Wildman–Crippen LogP) is 2.70. The second-order valence-electron chi connectivity index (χ2n) is 4.66. The van der Waals surface area contributed by atoms with E-state index in [1.807, 2.05) is 20.8 Å². The van der Waals surface area contributed by atoms with Crippen molar-refractivity contribution in [1.29, 1.82) is 0 Å². The summed E-state index contributed by atoms with van der Waals surface area (Å²) >= 11 is 0. The molecule has 0 spiro atoms. The molecule has 0 aromatic rings. The van der Waals surface area contributed by atoms with Crippen LogP contribution in [0.4, 0.5) is 0 Å². The average Bonchev–Trinajstić information content (AvgIpc) is 1.83. The molecular weight excluding hydrogens is 152 g/mol. The minimum Gasteiger partial charge on any atom is -0.481 e. The Morgan fingerprint density at radius 1 is 1.42 bits per heavy atom. The molecule has 0 amide bonds. The third kappa shape index (κ3) is 3.07. The van der Waals surface area contributed by atoms with E-state index < -0.39 is 11.4 Å². The second kappa shape index (κ2) is 3.30. The Hall–Kier alpha value is -0.790. The molecule has 0 aromatic heterocycles. The highest BCUT2D eigenvalue weighted by Gasteiger charge is 2.33. The molecule has 0 saturated carbocycles. The highest BCUT2D eigenvalue weighted by molar-refractivity contribution is 5.76. The predicted molar refractivity (Wildman–Crippen MR) is 50.0 cm³/mol. The van der Waals surface area contributed by atoms with Crippen molar-refractivity contribution in [2.24, 2.45) is 10.8 Å². The van der Waals surface area contributed by atoms with Crippen LogP contribution in [-0.2, 0) is 4.79 Å². The molecule has 2 heteroatoms. The van der Waals surface area contributed by atoms with Crippen LogP contribution < -0.4 is 0 Å². The first-order valence-corrected chi connectivity index (χ1v) is 4.08. The van der Waals surface area contributed by atoms with Crippen LogP contribution in [0.25, 0.3) is 0 Å². The molecule has 0 heterocycles. The van der Waals surface area contributed by atoms with E-state index in [-0.39, 0.29) is 5.41 Å². The molecule has 1 N–H and O–H groups in total. The van der Waals surface area contributed by atoms with Gasteiger partial charge in [-0.25, -0.2) is 0 Å². The zero-order chi connectivity index (χ0) is 9.99. The first-order valence-electron chi connectivity index (χ1n) is 4.08. The zero-order valence-corrected chi connectivity index (χ0v) is 8.35. The molecule has 0 saturated heterocycles. The van der Waals surface area contributed by atoms with Crippen LogP contribution in [0.1, 0.15) is 34.1 Å². The fourth-order valence-electron chi connectivity index (χ4n) is 1.34. The van der Waals surface area contributed by atoms with Gasteiger partial charge in [0.2, 0.25) is 0 Å². The van der Waals surface area contributed by atoms with Crippen LogP contribution in [0.3, 0.4) is 0 Å². The van der Waals surface area contributed by atoms with Crippen LogP contribution >= 0.6 is 0 Å². The molecule has 0 aromatic carbocycles. The summed E-state index contributed by atoms with van der Waals surface area (Å²) in [6.45, 7) is 11.3. The SMILES string of the molecule is C=CC(C)(CC(C)(C)C)C(=O)O. The molecule has 0 radical (unpaired) electrons. The van der Waals surface area contributed by atoms with Gasteiger partial charge in [-0.05, 0) is 18.8 Å². The van der Waals surface area contributed by atoms with Crippen molar-refractivity contribution in [2.45, 2.75) is 34.1 Å². The number of aliphatic carboxylic acids is 1. The minimum absolute atomic E-state index is 0.0152. The third-order valence-electron chi connectivity index (χ3n) is 1.84. The van der Waals surface area contributed by atoms with Crippen molar-refractivity contribution in [3.63, 3.8) is 0 Å². The van der Waals surface area contributed by atoms with Crippen molar-refractivity contribution >= 4 is 5.97 Å². The van der Waals surface area contributed by atoms with Gasteiger partial charge in [0, 0.05) is 0 Å². The summed E-state index contributed by atoms with van der Waals surface area (Å²) in [6, 6.07) is 0. The highest BCUT2D eigenvalue weighted by Crippen LogP contribution is 2.34. The number of carboxylic acids is 1. The normalized spacial score (nSPS) is 16.7. The topological polar surface area (TPSA) is 37.3 Å². The van der Waals surface area contributed by atoms with Gasteiger partial charge in [-0.2, -0.15) is 0 Å². The third-order valence-corrected chi connectivity index (χ3v) is 1.84. The smallest absolute Gasteiger partial charge is 0.313 e. The van der Waals surface area contributed by atoms with Crippen molar-refractivity contribution in [2.75, 3.05) is 0 Å². The van der Waals surface area contributed by atoms with Crippen molar-refractivity contribution < 1.29 is 9.90 Å². The summed E-state index contributed by atoms with van der Waals surface area (Å²) in [4.78, 5) is 10.9. The van der Waals surface area contributed by atoms with Gasteiger partial charge in [0.15, 0.2) is 0 Å². The van der Waals surface area contributed by atoms with Crippen molar-refractivity contribution in [3.8, 4) is 0 Å². The number of rotatable bonds is 3. The molecule has 0 aliphatic heterocycles. The highest BCUT2D eigenvalue weighted by atomic mass is 16.4. The molecule has 0 fully saturated rings. The molecular formula is C10H18O2. The number of hydrogen-bond donors (Lipinski definition) is 1. The standard InChI is InChI=1S/C10H18O2/c1-6-10(5,8(11)12)7-9(2,3)4/h6H,1,7H2,2-5H3,(H,11,12). The van der Waals surface area contributed by atoms with E-state index in [2.05, 4.69) is 6.58 Å². The van der Waals surface area contributed by atoms with E-state index >= 15 is 0 Å². The van der Waals surface area contributed by atoms with Gasteiger partial charge in [0.25, 0.3) is 0 Å². The Labute approximate surface area is 74.3 Å². The molecule has 0 bridgehead atoms. The number of carboxylic acid groups (broad SMARTS) is 1. The van der Waals surface area contributed by atoms with Crippen molar-refractivity contribution in [1.82, 2.24) is 0 Å². The van der Waals surface area contributed by atoms with Gasteiger partial charge in [-0.1, -0.05) is 26.8 Å². The molecule has 0 aliphatic carbocycles. The molecule has 1 unspecified atom stereocenters. The maximum Gasteiger partial charge on any atom is 0.313 e. The van der Waals surface area contributed by atoms with E-state index in [9.17, 15) is 4.79 Å². The van der Waals surface area contributed by atoms with Crippen LogP contribution in [0.15, 0.2) is 12.7 Å². The quantitative estimate of drug-likeness (QED) is 0.661. The molecule has 70 valence electrons. The van der Waals surface area contributed by atoms with Gasteiger partial charge < -0.3 is 5.11 Å². The molecule has 2 nitrogen and oxygen atoms in total. The summed E-state index contributed by atoms with van der Waals surface area (Å²) in [5.41, 5.74) is -0.778. The molecule has 0 rings (SSSR count). The van der Waals surface area contributed by atoms with Gasteiger partial charge in [-0.3, -0.25) is 4.79 Å². The Balaban J connectivity index is 4.57. The maximum atomic E-state index is 10.9. The van der Waals surface area contributed by atoms with Crippen LogP contribution in [0.2, 0.25) is 0 Å². The van der Waals surface area contributed by atoms with Crippen LogP contribution in [0, 0.1) is 10.8 Å². The maximum absolute atomic E-state index is 10.9. The van der Waals surface area contributed by atoms with Crippen molar-refractivity contribution in [3.05, 3.63) is 12.7 Å². The van der Waals surface area contributed by atoms with Crippen LogP contribution in [0.5, 0.6) is 0 Å². The Kier molecular flexibility index (Phi) is 3.08. The Morgan fingerprint density at radius 3 is 1.92 bits per heavy atom. The van der Waals surface area contributed by atoms with E-state index in [1.165, 1.54) is 6.08 Å². The first kappa shape index (κ1) is 11.2. The largest absolute Gasteiger partial charge is 0.481 e. The summed E-state index contributed by atoms with van der Waals surface area (Å²) in [6.07, 6.45) is 2.12. The first-order chi connectivity index (χ1) is 5.21. The Morgan fingerprint density at radius 2 is 1.83 bits per heavy atom. The molecule has 12 heavy (non-hydrogen) atoms. The summed E-state index contributed by atoms with van der Waals surface area (Å²) in [5.74, 6) is -0.799. The van der Waals surface area contributed by atoms with Gasteiger partial charge in [0.05, 0.1) is 5.41 Å². The van der Waals surface area contributed by atoms with Gasteiger partial charge in [0.1, 0.15) is 0 Å². The lowest BCUT2D eigenvalue weighted by molar-refractivity contribution is -0.146. The van der Waals surface area contributed by atoms with Crippen LogP contribution in [-0.4, -0.2) is 11.1 Å². The Bertz CT molecular complexity index is 189. The average molecular weight is 170 g/mol. The lowest BCUT2D eigenvalue weighted by atomic mass is 9.75. The second-order valence-corrected chi connectivity index (χ2v) is 4.66. The fourth-order valence-corrected chi connectivity index (χ4v) is 1.34. The zero-order valence-electron chi connectivity index (χ0n) is 8.35. The minimum atomic E-state index is -0.799. The fraction of sp³-hybridized carbons (Fsp3) is 0.700. The molecule has 1 atom stereocenters. The summed E-state index contributed by atoms with van der Waals surface area (Å²) in [5, 5.41) is 8.92. The number of carbonyl (C=O) groups is 1. The summed E-state index contributed by atoms with van der Waals surface area (Å²) in [7, 11) is 0. The lowest BCUT2D eigenvalue weighted by Gasteiger charge is -2.29. The van der Waals surface area contributed by atoms with Gasteiger partial charge in [-0.15, -0.1) is 6.58 Å². The summed E-state index contributed by atoms with van der Waals surface area (Å²) < 4.78 is 0. The van der Waals surface area contributed by atoms with E-state index in [0.29, 0.717) is 6.42 Å². The van der Waals surface area contributed by atoms with Gasteiger partial charge >= 0.3 is 5.97 Å². The van der Waals surface area contributed by atoms with E-state index in [1.54, 1.807) is 6.92 Å².